The smallest absolute Gasteiger partial charge is 0.205 e. The van der Waals surface area contributed by atoms with Gasteiger partial charge in [-0.2, -0.15) is 4.37 Å². The van der Waals surface area contributed by atoms with Crippen LogP contribution in [-0.4, -0.2) is 15.9 Å². The molecule has 1 heterocycles. The van der Waals surface area contributed by atoms with Crippen molar-refractivity contribution in [1.29, 1.82) is 0 Å². The molecule has 0 saturated carbocycles. The number of nitrogens with zero attached hydrogens (tertiary/aromatic N) is 3. The summed E-state index contributed by atoms with van der Waals surface area (Å²) in [6, 6.07) is 7.92. The van der Waals surface area contributed by atoms with Crippen LogP contribution in [0.2, 0.25) is 0 Å². The highest BCUT2D eigenvalue weighted by Gasteiger charge is 2.07. The van der Waals surface area contributed by atoms with Gasteiger partial charge >= 0.3 is 0 Å². The Morgan fingerprint density at radius 2 is 2.06 bits per heavy atom. The third kappa shape index (κ3) is 2.49. The summed E-state index contributed by atoms with van der Waals surface area (Å²) < 4.78 is 4.02. The molecule has 0 aliphatic carbocycles. The van der Waals surface area contributed by atoms with E-state index in [1.807, 2.05) is 24.3 Å². The molecule has 0 radical (unpaired) electrons. The zero-order valence-electron chi connectivity index (χ0n) is 9.13. The molecule has 0 spiro atoms. The van der Waals surface area contributed by atoms with Crippen LogP contribution >= 0.6 is 11.5 Å². The molecule has 2 rings (SSSR count). The molecule has 2 aromatic rings. The molecule has 0 unspecified atom stereocenters. The monoisotopic (exact) mass is 234 g/mol. The van der Waals surface area contributed by atoms with Crippen molar-refractivity contribution in [1.82, 2.24) is 9.36 Å². The van der Waals surface area contributed by atoms with Gasteiger partial charge in [-0.3, -0.25) is 0 Å². The molecule has 2 N–H and O–H groups in total. The number of nitrogen functional groups attached to an aromatic ring is 1. The average molecular weight is 234 g/mol. The zero-order valence-corrected chi connectivity index (χ0v) is 9.94. The summed E-state index contributed by atoms with van der Waals surface area (Å²) >= 11 is 1.42. The number of nitrogens with two attached hydrogens (primary N) is 1. The lowest BCUT2D eigenvalue weighted by Gasteiger charge is -2.19. The van der Waals surface area contributed by atoms with Crippen molar-refractivity contribution in [2.45, 2.75) is 13.5 Å². The van der Waals surface area contributed by atoms with Gasteiger partial charge in [0.1, 0.15) is 6.33 Å². The second-order valence-corrected chi connectivity index (χ2v) is 4.24. The number of hydrogen-bond acceptors (Lipinski definition) is 5. The number of benzene rings is 1. The topological polar surface area (TPSA) is 55.0 Å². The predicted octanol–water partition coefficient (Wildman–Crippen LogP) is 2.15. The van der Waals surface area contributed by atoms with Gasteiger partial charge in [0.25, 0.3) is 0 Å². The van der Waals surface area contributed by atoms with E-state index >= 15 is 0 Å². The summed E-state index contributed by atoms with van der Waals surface area (Å²) in [5.41, 5.74) is 7.67. The molecule has 0 amide bonds. The Morgan fingerprint density at radius 1 is 1.31 bits per heavy atom. The fourth-order valence-corrected chi connectivity index (χ4v) is 2.06. The molecule has 5 heteroatoms. The van der Waals surface area contributed by atoms with E-state index in [1.54, 1.807) is 6.33 Å². The largest absolute Gasteiger partial charge is 0.399 e. The summed E-state index contributed by atoms with van der Waals surface area (Å²) in [5.74, 6) is 0. The van der Waals surface area contributed by atoms with Gasteiger partial charge in [-0.25, -0.2) is 4.98 Å². The molecular weight excluding hydrogens is 220 g/mol. The van der Waals surface area contributed by atoms with Crippen LogP contribution in [0.15, 0.2) is 30.6 Å². The minimum atomic E-state index is 0.794. The van der Waals surface area contributed by atoms with Crippen molar-refractivity contribution in [2.24, 2.45) is 0 Å². The zero-order chi connectivity index (χ0) is 11.4. The van der Waals surface area contributed by atoms with Gasteiger partial charge in [0.05, 0.1) is 0 Å². The van der Waals surface area contributed by atoms with Gasteiger partial charge in [0.2, 0.25) is 5.13 Å². The molecule has 4 nitrogen and oxygen atoms in total. The summed E-state index contributed by atoms with van der Waals surface area (Å²) in [4.78, 5) is 6.39. The molecule has 0 atom stereocenters. The van der Waals surface area contributed by atoms with Crippen molar-refractivity contribution in [3.63, 3.8) is 0 Å². The van der Waals surface area contributed by atoms with Crippen LogP contribution in [0.3, 0.4) is 0 Å². The van der Waals surface area contributed by atoms with Crippen LogP contribution < -0.4 is 10.6 Å². The lowest BCUT2D eigenvalue weighted by molar-refractivity contribution is 0.826. The minimum Gasteiger partial charge on any atom is -0.399 e. The first-order valence-corrected chi connectivity index (χ1v) is 5.93. The third-order valence-electron chi connectivity index (χ3n) is 2.36. The average Bonchev–Trinajstić information content (AvgIpc) is 2.82. The number of hydrogen-bond donors (Lipinski definition) is 1. The van der Waals surface area contributed by atoms with Gasteiger partial charge in [-0.05, 0) is 24.6 Å². The van der Waals surface area contributed by atoms with E-state index in [2.05, 4.69) is 21.2 Å². The highest BCUT2D eigenvalue weighted by atomic mass is 32.1. The van der Waals surface area contributed by atoms with Crippen molar-refractivity contribution >= 4 is 22.4 Å². The molecule has 0 fully saturated rings. The Kier molecular flexibility index (Phi) is 3.36. The Morgan fingerprint density at radius 3 is 2.62 bits per heavy atom. The molecule has 0 bridgehead atoms. The van der Waals surface area contributed by atoms with Crippen molar-refractivity contribution in [2.75, 3.05) is 17.2 Å². The molecule has 0 saturated heterocycles. The van der Waals surface area contributed by atoms with E-state index in [1.165, 1.54) is 17.1 Å². The van der Waals surface area contributed by atoms with Crippen LogP contribution in [0.25, 0.3) is 0 Å². The van der Waals surface area contributed by atoms with Crippen LogP contribution in [0.5, 0.6) is 0 Å². The highest BCUT2D eigenvalue weighted by Crippen LogP contribution is 2.17. The maximum absolute atomic E-state index is 5.65. The Labute approximate surface area is 98.9 Å². The van der Waals surface area contributed by atoms with E-state index in [0.29, 0.717) is 0 Å². The molecule has 0 aliphatic rings. The number of anilines is 2. The molecule has 84 valence electrons. The summed E-state index contributed by atoms with van der Waals surface area (Å²) in [6.45, 7) is 3.87. The third-order valence-corrected chi connectivity index (χ3v) is 3.08. The first-order valence-electron chi connectivity index (χ1n) is 5.15. The van der Waals surface area contributed by atoms with Gasteiger partial charge in [0.15, 0.2) is 0 Å². The van der Waals surface area contributed by atoms with Crippen molar-refractivity contribution in [3.8, 4) is 0 Å². The second kappa shape index (κ2) is 4.94. The molecule has 16 heavy (non-hydrogen) atoms. The SMILES string of the molecule is CCN(Cc1ccc(N)cc1)c1ncns1. The van der Waals surface area contributed by atoms with E-state index < -0.39 is 0 Å². The summed E-state index contributed by atoms with van der Waals surface area (Å²) in [7, 11) is 0. The first kappa shape index (κ1) is 10.9. The van der Waals surface area contributed by atoms with E-state index in [0.717, 1.165) is 23.9 Å². The van der Waals surface area contributed by atoms with Crippen LogP contribution in [0.4, 0.5) is 10.8 Å². The maximum Gasteiger partial charge on any atom is 0.205 e. The number of aromatic nitrogens is 2. The fourth-order valence-electron chi connectivity index (χ4n) is 1.46. The van der Waals surface area contributed by atoms with Gasteiger partial charge in [-0.1, -0.05) is 12.1 Å². The van der Waals surface area contributed by atoms with Crippen molar-refractivity contribution < 1.29 is 0 Å². The van der Waals surface area contributed by atoms with Gasteiger partial charge < -0.3 is 10.6 Å². The second-order valence-electron chi connectivity index (χ2n) is 3.48. The minimum absolute atomic E-state index is 0.794. The summed E-state index contributed by atoms with van der Waals surface area (Å²) in [5, 5.41) is 0.958. The standard InChI is InChI=1S/C11H14N4S/c1-2-15(11-13-8-14-16-11)7-9-3-5-10(12)6-4-9/h3-6,8H,2,7,12H2,1H3. The fraction of sp³-hybridized carbons (Fsp3) is 0.273. The summed E-state index contributed by atoms with van der Waals surface area (Å²) in [6.07, 6.45) is 1.59. The maximum atomic E-state index is 5.65. The molecule has 0 aliphatic heterocycles. The van der Waals surface area contributed by atoms with Crippen molar-refractivity contribution in [3.05, 3.63) is 36.2 Å². The normalized spacial score (nSPS) is 10.3. The first-order chi connectivity index (χ1) is 7.79. The predicted molar refractivity (Wildman–Crippen MR) is 67.5 cm³/mol. The lowest BCUT2D eigenvalue weighted by Crippen LogP contribution is -2.21. The number of rotatable bonds is 4. The highest BCUT2D eigenvalue weighted by molar-refractivity contribution is 7.09. The van der Waals surface area contributed by atoms with Gasteiger partial charge in [-0.15, -0.1) is 0 Å². The van der Waals surface area contributed by atoms with Crippen LogP contribution in [0.1, 0.15) is 12.5 Å². The molecule has 1 aromatic heterocycles. The molecule has 1 aromatic carbocycles. The quantitative estimate of drug-likeness (QED) is 0.823. The van der Waals surface area contributed by atoms with Gasteiger partial charge in [0, 0.05) is 30.3 Å². The Bertz CT molecular complexity index is 424. The molecular formula is C11H14N4S. The van der Waals surface area contributed by atoms with E-state index in [-0.39, 0.29) is 0 Å². The van der Waals surface area contributed by atoms with E-state index in [4.69, 9.17) is 5.73 Å². The van der Waals surface area contributed by atoms with E-state index in [9.17, 15) is 0 Å². The van der Waals surface area contributed by atoms with Crippen LogP contribution in [-0.2, 0) is 6.54 Å². The Balaban J connectivity index is 2.10. The van der Waals surface area contributed by atoms with Crippen LogP contribution in [0, 0.1) is 0 Å². The lowest BCUT2D eigenvalue weighted by atomic mass is 10.2. The Hall–Kier alpha value is -1.62.